The predicted octanol–water partition coefficient (Wildman–Crippen LogP) is 1.65. The van der Waals surface area contributed by atoms with Gasteiger partial charge in [0.2, 0.25) is 5.91 Å². The van der Waals surface area contributed by atoms with E-state index in [9.17, 15) is 9.59 Å². The Labute approximate surface area is 134 Å². The molecule has 2 aliphatic rings. The summed E-state index contributed by atoms with van der Waals surface area (Å²) < 4.78 is 0. The lowest BCUT2D eigenvalue weighted by Crippen LogP contribution is -2.71. The summed E-state index contributed by atoms with van der Waals surface area (Å²) >= 11 is 6.09. The molecule has 3 unspecified atom stereocenters. The Kier molecular flexibility index (Phi) is 3.93. The molecule has 0 radical (unpaired) electrons. The van der Waals surface area contributed by atoms with Crippen molar-refractivity contribution in [2.24, 2.45) is 5.73 Å². The van der Waals surface area contributed by atoms with Crippen LogP contribution in [0.2, 0.25) is 0 Å². The van der Waals surface area contributed by atoms with Gasteiger partial charge in [-0.3, -0.25) is 9.59 Å². The maximum atomic E-state index is 12.3. The second kappa shape index (κ2) is 5.74. The second-order valence-corrected chi connectivity index (χ2v) is 6.14. The molecule has 3 atom stereocenters. The smallest absolute Gasteiger partial charge is 0.251 e. The SMILES string of the molecule is CC1=C(Cl)CCC2C(NC(=O)C(N)c3ccccc3)C(=O)N12. The molecule has 6 heteroatoms. The number of halogens is 1. The molecule has 3 rings (SSSR count). The van der Waals surface area contributed by atoms with Crippen LogP contribution in [0.1, 0.15) is 31.4 Å². The minimum Gasteiger partial charge on any atom is -0.341 e. The number of rotatable bonds is 3. The fourth-order valence-electron chi connectivity index (χ4n) is 3.05. The summed E-state index contributed by atoms with van der Waals surface area (Å²) in [5.41, 5.74) is 7.48. The molecule has 2 aliphatic heterocycles. The van der Waals surface area contributed by atoms with Crippen molar-refractivity contribution in [1.29, 1.82) is 0 Å². The first kappa shape index (κ1) is 15.1. The van der Waals surface area contributed by atoms with E-state index in [1.165, 1.54) is 0 Å². The highest BCUT2D eigenvalue weighted by Gasteiger charge is 2.50. The Morgan fingerprint density at radius 3 is 2.77 bits per heavy atom. The molecule has 1 fully saturated rings. The Morgan fingerprint density at radius 2 is 2.09 bits per heavy atom. The van der Waals surface area contributed by atoms with Crippen molar-refractivity contribution in [3.05, 3.63) is 46.6 Å². The zero-order valence-electron chi connectivity index (χ0n) is 12.3. The van der Waals surface area contributed by atoms with Gasteiger partial charge in [0.05, 0.1) is 6.04 Å². The van der Waals surface area contributed by atoms with Crippen molar-refractivity contribution in [2.45, 2.75) is 37.9 Å². The summed E-state index contributed by atoms with van der Waals surface area (Å²) in [6.45, 7) is 1.83. The number of nitrogens with one attached hydrogen (secondary N) is 1. The van der Waals surface area contributed by atoms with Crippen molar-refractivity contribution >= 4 is 23.4 Å². The first-order chi connectivity index (χ1) is 10.5. The number of benzene rings is 1. The number of nitrogens with zero attached hydrogens (tertiary/aromatic N) is 1. The summed E-state index contributed by atoms with van der Waals surface area (Å²) in [4.78, 5) is 26.2. The van der Waals surface area contributed by atoms with Crippen LogP contribution < -0.4 is 11.1 Å². The molecule has 0 aliphatic carbocycles. The molecule has 116 valence electrons. The number of amides is 2. The standard InChI is InChI=1S/C16H18ClN3O2/c1-9-11(17)7-8-12-14(16(22)20(9)12)19-15(21)13(18)10-5-3-2-4-6-10/h2-6,12-14H,7-8,18H2,1H3,(H,19,21). The lowest BCUT2D eigenvalue weighted by atomic mass is 9.86. The molecule has 2 amide bonds. The van der Waals surface area contributed by atoms with E-state index in [-0.39, 0.29) is 17.9 Å². The van der Waals surface area contributed by atoms with E-state index in [2.05, 4.69) is 5.32 Å². The van der Waals surface area contributed by atoms with Gasteiger partial charge in [0, 0.05) is 10.7 Å². The molecule has 0 saturated carbocycles. The minimum absolute atomic E-state index is 0.0121. The molecular weight excluding hydrogens is 302 g/mol. The van der Waals surface area contributed by atoms with E-state index in [1.54, 1.807) is 17.0 Å². The average Bonchev–Trinajstić information content (AvgIpc) is 2.54. The van der Waals surface area contributed by atoms with Crippen molar-refractivity contribution in [2.75, 3.05) is 0 Å². The van der Waals surface area contributed by atoms with Crippen LogP contribution in [-0.4, -0.2) is 28.8 Å². The maximum absolute atomic E-state index is 12.3. The van der Waals surface area contributed by atoms with Crippen molar-refractivity contribution in [3.8, 4) is 0 Å². The highest BCUT2D eigenvalue weighted by molar-refractivity contribution is 6.30. The molecule has 5 nitrogen and oxygen atoms in total. The van der Waals surface area contributed by atoms with E-state index >= 15 is 0 Å². The van der Waals surface area contributed by atoms with Gasteiger partial charge in [-0.2, -0.15) is 0 Å². The first-order valence-electron chi connectivity index (χ1n) is 7.30. The highest BCUT2D eigenvalue weighted by Crippen LogP contribution is 2.37. The molecule has 3 N–H and O–H groups in total. The number of carbonyl (C=O) groups is 2. The van der Waals surface area contributed by atoms with Gasteiger partial charge in [-0.05, 0) is 25.3 Å². The summed E-state index contributed by atoms with van der Waals surface area (Å²) in [7, 11) is 0. The third-order valence-electron chi connectivity index (χ3n) is 4.37. The minimum atomic E-state index is -0.771. The van der Waals surface area contributed by atoms with Crippen molar-refractivity contribution in [1.82, 2.24) is 10.2 Å². The van der Waals surface area contributed by atoms with Crippen LogP contribution in [0.4, 0.5) is 0 Å². The molecule has 2 heterocycles. The lowest BCUT2D eigenvalue weighted by molar-refractivity contribution is -0.151. The number of hydrogen-bond donors (Lipinski definition) is 2. The zero-order chi connectivity index (χ0) is 15.9. The molecular formula is C16H18ClN3O2. The molecule has 1 saturated heterocycles. The van der Waals surface area contributed by atoms with Crippen LogP contribution in [0.5, 0.6) is 0 Å². The predicted molar refractivity (Wildman–Crippen MR) is 83.7 cm³/mol. The van der Waals surface area contributed by atoms with Crippen LogP contribution in [-0.2, 0) is 9.59 Å². The fraction of sp³-hybridized carbons (Fsp3) is 0.375. The van der Waals surface area contributed by atoms with Crippen LogP contribution in [0, 0.1) is 0 Å². The summed E-state index contributed by atoms with van der Waals surface area (Å²) in [5, 5.41) is 3.50. The lowest BCUT2D eigenvalue weighted by Gasteiger charge is -2.50. The van der Waals surface area contributed by atoms with Gasteiger partial charge >= 0.3 is 0 Å². The monoisotopic (exact) mass is 319 g/mol. The summed E-state index contributed by atoms with van der Waals surface area (Å²) in [5.74, 6) is -0.448. The van der Waals surface area contributed by atoms with Crippen LogP contribution in [0.3, 0.4) is 0 Å². The van der Waals surface area contributed by atoms with E-state index in [1.807, 2.05) is 25.1 Å². The van der Waals surface area contributed by atoms with Crippen LogP contribution in [0.25, 0.3) is 0 Å². The number of fused-ring (bicyclic) bond motifs is 1. The van der Waals surface area contributed by atoms with Crippen LogP contribution in [0.15, 0.2) is 41.1 Å². The van der Waals surface area contributed by atoms with Gasteiger partial charge in [-0.15, -0.1) is 0 Å². The summed E-state index contributed by atoms with van der Waals surface area (Å²) in [6, 6.07) is 7.84. The topological polar surface area (TPSA) is 75.4 Å². The molecule has 1 aromatic rings. The third-order valence-corrected chi connectivity index (χ3v) is 4.83. The zero-order valence-corrected chi connectivity index (χ0v) is 13.0. The number of β-lactam (4-membered cyclic amide) rings is 1. The molecule has 0 bridgehead atoms. The summed E-state index contributed by atoms with van der Waals surface area (Å²) in [6.07, 6.45) is 1.49. The first-order valence-corrected chi connectivity index (χ1v) is 7.67. The molecule has 0 spiro atoms. The normalized spacial score (nSPS) is 25.4. The number of nitrogens with two attached hydrogens (primary N) is 1. The number of hydrogen-bond acceptors (Lipinski definition) is 3. The fourth-order valence-corrected chi connectivity index (χ4v) is 3.25. The molecule has 1 aromatic carbocycles. The largest absolute Gasteiger partial charge is 0.341 e. The maximum Gasteiger partial charge on any atom is 0.251 e. The average molecular weight is 320 g/mol. The van der Waals surface area contributed by atoms with Crippen molar-refractivity contribution < 1.29 is 9.59 Å². The number of carbonyl (C=O) groups excluding carboxylic acids is 2. The van der Waals surface area contributed by atoms with Gasteiger partial charge in [0.15, 0.2) is 0 Å². The highest BCUT2D eigenvalue weighted by atomic mass is 35.5. The van der Waals surface area contributed by atoms with Gasteiger partial charge in [-0.1, -0.05) is 41.9 Å². The van der Waals surface area contributed by atoms with E-state index in [0.29, 0.717) is 0 Å². The Bertz CT molecular complexity index is 644. The quantitative estimate of drug-likeness (QED) is 0.832. The van der Waals surface area contributed by atoms with Gasteiger partial charge in [0.1, 0.15) is 12.1 Å². The van der Waals surface area contributed by atoms with Crippen molar-refractivity contribution in [3.63, 3.8) is 0 Å². The van der Waals surface area contributed by atoms with E-state index < -0.39 is 12.1 Å². The Hall–Kier alpha value is -1.85. The second-order valence-electron chi connectivity index (χ2n) is 5.68. The van der Waals surface area contributed by atoms with Gasteiger partial charge in [0.25, 0.3) is 5.91 Å². The number of allylic oxidation sites excluding steroid dienone is 2. The van der Waals surface area contributed by atoms with Gasteiger partial charge in [-0.25, -0.2) is 0 Å². The Morgan fingerprint density at radius 1 is 1.41 bits per heavy atom. The molecule has 0 aromatic heterocycles. The van der Waals surface area contributed by atoms with E-state index in [0.717, 1.165) is 29.1 Å². The molecule has 22 heavy (non-hydrogen) atoms. The van der Waals surface area contributed by atoms with Crippen LogP contribution >= 0.6 is 11.6 Å². The van der Waals surface area contributed by atoms with E-state index in [4.69, 9.17) is 17.3 Å². The Balaban J connectivity index is 1.68. The van der Waals surface area contributed by atoms with Gasteiger partial charge < -0.3 is 16.0 Å². The third kappa shape index (κ3) is 2.40.